The maximum Gasteiger partial charge on any atom is 0.133 e. The van der Waals surface area contributed by atoms with Crippen LogP contribution in [0.3, 0.4) is 0 Å². The van der Waals surface area contributed by atoms with E-state index in [1.165, 1.54) is 0 Å². The second kappa shape index (κ2) is 12.6. The van der Waals surface area contributed by atoms with Crippen LogP contribution in [-0.4, -0.2) is 15.0 Å². The van der Waals surface area contributed by atoms with E-state index in [1.807, 2.05) is 52.1 Å². The van der Waals surface area contributed by atoms with Crippen LogP contribution >= 0.6 is 0 Å². The topological polar surface area (TPSA) is 38.7 Å². The fourth-order valence-corrected chi connectivity index (χ4v) is 1.49. The van der Waals surface area contributed by atoms with Crippen LogP contribution in [0.4, 0.5) is 0 Å². The maximum atomic E-state index is 4.25. The highest BCUT2D eigenvalue weighted by Crippen LogP contribution is 2.18. The molecule has 2 aromatic heterocycles. The minimum absolute atomic E-state index is 0.0707. The molecule has 136 valence electrons. The van der Waals surface area contributed by atoms with E-state index in [2.05, 4.69) is 62.6 Å². The van der Waals surface area contributed by atoms with Gasteiger partial charge in [-0.2, -0.15) is 0 Å². The lowest BCUT2D eigenvalue weighted by atomic mass is 9.92. The Morgan fingerprint density at radius 2 is 1.04 bits per heavy atom. The van der Waals surface area contributed by atoms with Crippen LogP contribution in [0.1, 0.15) is 80.8 Å². The van der Waals surface area contributed by atoms with Gasteiger partial charge >= 0.3 is 0 Å². The van der Waals surface area contributed by atoms with E-state index in [9.17, 15) is 0 Å². The number of hydrogen-bond donors (Lipinski definition) is 0. The molecular formula is C21H37N3. The fourth-order valence-electron chi connectivity index (χ4n) is 1.49. The molecule has 0 aliphatic rings. The van der Waals surface area contributed by atoms with Crippen LogP contribution < -0.4 is 0 Å². The first-order valence-corrected chi connectivity index (χ1v) is 8.90. The van der Waals surface area contributed by atoms with Crippen molar-refractivity contribution in [2.24, 2.45) is 0 Å². The lowest BCUT2D eigenvalue weighted by molar-refractivity contribution is 0.545. The van der Waals surface area contributed by atoms with Crippen molar-refractivity contribution in [2.45, 2.75) is 80.1 Å². The first-order valence-electron chi connectivity index (χ1n) is 8.90. The first kappa shape index (κ1) is 24.5. The van der Waals surface area contributed by atoms with Crippen molar-refractivity contribution >= 4 is 0 Å². The van der Waals surface area contributed by atoms with Gasteiger partial charge in [-0.25, -0.2) is 9.97 Å². The second-order valence-electron chi connectivity index (χ2n) is 6.79. The molecule has 0 amide bonds. The van der Waals surface area contributed by atoms with Gasteiger partial charge in [-0.05, 0) is 18.2 Å². The van der Waals surface area contributed by atoms with Crippen LogP contribution in [0.2, 0.25) is 0 Å². The predicted molar refractivity (Wildman–Crippen MR) is 106 cm³/mol. The summed E-state index contributed by atoms with van der Waals surface area (Å²) in [6.07, 6.45) is 5.38. The highest BCUT2D eigenvalue weighted by atomic mass is 14.9. The van der Waals surface area contributed by atoms with Crippen molar-refractivity contribution in [2.75, 3.05) is 0 Å². The van der Waals surface area contributed by atoms with Crippen molar-refractivity contribution in [3.8, 4) is 0 Å². The van der Waals surface area contributed by atoms with E-state index in [4.69, 9.17) is 0 Å². The molecule has 0 spiro atoms. The number of pyridine rings is 1. The molecule has 0 fully saturated rings. The zero-order chi connectivity index (χ0) is 19.2. The molecule has 2 heterocycles. The largest absolute Gasteiger partial charge is 0.261 e. The van der Waals surface area contributed by atoms with Gasteiger partial charge < -0.3 is 0 Å². The summed E-state index contributed by atoms with van der Waals surface area (Å²) in [6, 6.07) is 7.85. The summed E-state index contributed by atoms with van der Waals surface area (Å²) in [5.41, 5.74) is 1.40. The van der Waals surface area contributed by atoms with Gasteiger partial charge in [0.15, 0.2) is 0 Å². The Kier molecular flexibility index (Phi) is 12.9. The predicted octanol–water partition coefficient (Wildman–Crippen LogP) is 6.21. The molecule has 0 aliphatic carbocycles. The third-order valence-electron chi connectivity index (χ3n) is 2.67. The van der Waals surface area contributed by atoms with E-state index < -0.39 is 0 Å². The third kappa shape index (κ3) is 10.9. The molecule has 0 unspecified atom stereocenters. The number of hydrogen-bond acceptors (Lipinski definition) is 3. The van der Waals surface area contributed by atoms with Crippen molar-refractivity contribution in [1.82, 2.24) is 15.0 Å². The molecule has 0 aromatic carbocycles. The second-order valence-corrected chi connectivity index (χ2v) is 6.79. The maximum absolute atomic E-state index is 4.25. The summed E-state index contributed by atoms with van der Waals surface area (Å²) in [7, 11) is 0. The molecule has 3 nitrogen and oxygen atoms in total. The van der Waals surface area contributed by atoms with Gasteiger partial charge in [0.05, 0.1) is 0 Å². The minimum Gasteiger partial charge on any atom is -0.261 e. The Morgan fingerprint density at radius 1 is 0.583 bits per heavy atom. The lowest BCUT2D eigenvalue weighted by Crippen LogP contribution is -2.14. The van der Waals surface area contributed by atoms with Crippen molar-refractivity contribution in [3.05, 3.63) is 54.4 Å². The van der Waals surface area contributed by atoms with Crippen LogP contribution in [0.15, 0.2) is 42.9 Å². The van der Waals surface area contributed by atoms with E-state index in [1.54, 1.807) is 12.4 Å². The lowest BCUT2D eigenvalue weighted by Gasteiger charge is -2.16. The Hall–Kier alpha value is -1.77. The van der Waals surface area contributed by atoms with Crippen LogP contribution in [0, 0.1) is 0 Å². The molecule has 3 heteroatoms. The van der Waals surface area contributed by atoms with E-state index >= 15 is 0 Å². The van der Waals surface area contributed by atoms with Crippen LogP contribution in [-0.2, 0) is 10.8 Å². The zero-order valence-electron chi connectivity index (χ0n) is 17.4. The van der Waals surface area contributed by atoms with Crippen molar-refractivity contribution < 1.29 is 0 Å². The quantitative estimate of drug-likeness (QED) is 0.576. The smallest absolute Gasteiger partial charge is 0.133 e. The molecule has 0 bridgehead atoms. The SMILES string of the molecule is CC.CC.CC(C)(C)c1ccccn1.CC(C)(C)c1ncccn1. The van der Waals surface area contributed by atoms with Gasteiger partial charge in [0.25, 0.3) is 0 Å². The molecular weight excluding hydrogens is 294 g/mol. The van der Waals surface area contributed by atoms with E-state index in [-0.39, 0.29) is 10.8 Å². The Bertz CT molecular complexity index is 445. The molecule has 0 saturated carbocycles. The standard InChI is InChI=1S/C9H13N.C8H12N2.2C2H6/c1-9(2,3)8-6-4-5-7-10-8;1-8(2,3)7-9-5-4-6-10-7;2*1-2/h4-7H,1-3H3;4-6H,1-3H3;2*1-2H3. The Morgan fingerprint density at radius 3 is 1.29 bits per heavy atom. The average molecular weight is 332 g/mol. The summed E-state index contributed by atoms with van der Waals surface area (Å²) in [4.78, 5) is 12.5. The molecule has 0 N–H and O–H groups in total. The van der Waals surface area contributed by atoms with Crippen molar-refractivity contribution in [3.63, 3.8) is 0 Å². The summed E-state index contributed by atoms with van der Waals surface area (Å²) >= 11 is 0. The summed E-state index contributed by atoms with van der Waals surface area (Å²) in [5, 5.41) is 0. The molecule has 0 radical (unpaired) electrons. The molecule has 24 heavy (non-hydrogen) atoms. The van der Waals surface area contributed by atoms with Gasteiger partial charge in [-0.3, -0.25) is 4.98 Å². The monoisotopic (exact) mass is 331 g/mol. The summed E-state index contributed by atoms with van der Waals surface area (Å²) in [5.74, 6) is 0.898. The average Bonchev–Trinajstić information content (AvgIpc) is 2.59. The highest BCUT2D eigenvalue weighted by Gasteiger charge is 2.15. The first-order chi connectivity index (χ1) is 11.2. The van der Waals surface area contributed by atoms with Crippen molar-refractivity contribution in [1.29, 1.82) is 0 Å². The molecule has 2 rings (SSSR count). The van der Waals surface area contributed by atoms with Gasteiger partial charge in [-0.1, -0.05) is 75.3 Å². The molecule has 2 aromatic rings. The highest BCUT2D eigenvalue weighted by molar-refractivity contribution is 5.12. The van der Waals surface area contributed by atoms with Gasteiger partial charge in [0.2, 0.25) is 0 Å². The Labute approximate surface area is 150 Å². The van der Waals surface area contributed by atoms with Gasteiger partial charge in [0.1, 0.15) is 5.82 Å². The minimum atomic E-state index is 0.0707. The zero-order valence-corrected chi connectivity index (χ0v) is 17.4. The summed E-state index contributed by atoms with van der Waals surface area (Å²) < 4.78 is 0. The number of nitrogens with zero attached hydrogens (tertiary/aromatic N) is 3. The normalized spacial score (nSPS) is 10.1. The fraction of sp³-hybridized carbons (Fsp3) is 0.571. The number of aromatic nitrogens is 3. The molecule has 0 atom stereocenters. The third-order valence-corrected chi connectivity index (χ3v) is 2.67. The molecule has 0 aliphatic heterocycles. The Balaban J connectivity index is 0. The van der Waals surface area contributed by atoms with E-state index in [0.717, 1.165) is 11.5 Å². The van der Waals surface area contributed by atoms with Gasteiger partial charge in [-0.15, -0.1) is 0 Å². The van der Waals surface area contributed by atoms with Gasteiger partial charge in [0, 0.05) is 35.1 Å². The van der Waals surface area contributed by atoms with Crippen LogP contribution in [0.25, 0.3) is 0 Å². The molecule has 0 saturated heterocycles. The summed E-state index contributed by atoms with van der Waals surface area (Å²) in [6.45, 7) is 20.8. The van der Waals surface area contributed by atoms with Crippen LogP contribution in [0.5, 0.6) is 0 Å². The van der Waals surface area contributed by atoms with E-state index in [0.29, 0.717) is 0 Å². The number of rotatable bonds is 0.